The predicted molar refractivity (Wildman–Crippen MR) is 134 cm³/mol. The first-order chi connectivity index (χ1) is 17.7. The summed E-state index contributed by atoms with van der Waals surface area (Å²) < 4.78 is 38.3. The Morgan fingerprint density at radius 1 is 1.11 bits per heavy atom. The maximum atomic E-state index is 13.3. The van der Waals surface area contributed by atoms with Crippen molar-refractivity contribution < 1.29 is 32.3 Å². The van der Waals surface area contributed by atoms with Crippen molar-refractivity contribution in [1.29, 1.82) is 0 Å². The molecular formula is C25H30N4O7S. The fraction of sp³-hybridized carbons (Fsp3) is 0.400. The number of carbonyl (C=O) groups is 3. The van der Waals surface area contributed by atoms with E-state index in [2.05, 4.69) is 10.6 Å². The number of amides is 4. The SMILES string of the molecule is CCOc1ccc(S(=O)(=O)N2CCOCC2)cc1NC(=O)CN1C(=O)N[C@](CC)(c2ccccc2)C1=O. The number of anilines is 1. The quantitative estimate of drug-likeness (QED) is 0.473. The molecule has 0 radical (unpaired) electrons. The Balaban J connectivity index is 1.55. The molecule has 0 spiro atoms. The van der Waals surface area contributed by atoms with Gasteiger partial charge in [0.25, 0.3) is 5.91 Å². The lowest BCUT2D eigenvalue weighted by Gasteiger charge is -2.26. The minimum absolute atomic E-state index is 0.0165. The van der Waals surface area contributed by atoms with Gasteiger partial charge in [-0.05, 0) is 37.1 Å². The van der Waals surface area contributed by atoms with Crippen LogP contribution in [-0.2, 0) is 29.9 Å². The molecule has 4 amide bonds. The van der Waals surface area contributed by atoms with Crippen LogP contribution in [0.2, 0.25) is 0 Å². The van der Waals surface area contributed by atoms with E-state index in [1.54, 1.807) is 38.1 Å². The van der Waals surface area contributed by atoms with Crippen LogP contribution in [0.3, 0.4) is 0 Å². The Morgan fingerprint density at radius 3 is 2.46 bits per heavy atom. The van der Waals surface area contributed by atoms with Crippen LogP contribution in [0.25, 0.3) is 0 Å². The fourth-order valence-corrected chi connectivity index (χ4v) is 5.88. The number of hydrogen-bond donors (Lipinski definition) is 2. The Bertz CT molecular complexity index is 1280. The highest BCUT2D eigenvalue weighted by Gasteiger charge is 2.51. The summed E-state index contributed by atoms with van der Waals surface area (Å²) in [6.45, 7) is 4.32. The van der Waals surface area contributed by atoms with Gasteiger partial charge in [0.2, 0.25) is 15.9 Å². The summed E-state index contributed by atoms with van der Waals surface area (Å²) in [5.74, 6) is -0.943. The molecule has 2 aromatic carbocycles. The molecule has 0 aromatic heterocycles. The molecule has 2 fully saturated rings. The van der Waals surface area contributed by atoms with Crippen LogP contribution in [-0.4, -0.2) is 74.9 Å². The normalized spacial score (nSPS) is 20.5. The molecule has 11 nitrogen and oxygen atoms in total. The van der Waals surface area contributed by atoms with Gasteiger partial charge in [-0.25, -0.2) is 13.2 Å². The number of morpholine rings is 1. The van der Waals surface area contributed by atoms with Crippen molar-refractivity contribution in [3.8, 4) is 5.75 Å². The summed E-state index contributed by atoms with van der Waals surface area (Å²) >= 11 is 0. The van der Waals surface area contributed by atoms with Crippen LogP contribution in [0.4, 0.5) is 10.5 Å². The van der Waals surface area contributed by atoms with E-state index in [0.717, 1.165) is 4.90 Å². The van der Waals surface area contributed by atoms with Crippen LogP contribution < -0.4 is 15.4 Å². The lowest BCUT2D eigenvalue weighted by Crippen LogP contribution is -2.44. The third-order valence-corrected chi connectivity index (χ3v) is 8.30. The molecule has 37 heavy (non-hydrogen) atoms. The van der Waals surface area contributed by atoms with Gasteiger partial charge in [-0.1, -0.05) is 37.3 Å². The van der Waals surface area contributed by atoms with Gasteiger partial charge in [0.05, 0.1) is 30.4 Å². The summed E-state index contributed by atoms with van der Waals surface area (Å²) in [5.41, 5.74) is -0.516. The molecule has 2 heterocycles. The van der Waals surface area contributed by atoms with Gasteiger partial charge in [0.1, 0.15) is 17.8 Å². The predicted octanol–water partition coefficient (Wildman–Crippen LogP) is 1.90. The van der Waals surface area contributed by atoms with Crippen molar-refractivity contribution in [3.63, 3.8) is 0 Å². The van der Waals surface area contributed by atoms with E-state index in [1.165, 1.54) is 22.5 Å². The molecule has 2 aliphatic heterocycles. The lowest BCUT2D eigenvalue weighted by molar-refractivity contribution is -0.134. The Labute approximate surface area is 215 Å². The van der Waals surface area contributed by atoms with Crippen molar-refractivity contribution in [2.45, 2.75) is 30.7 Å². The molecule has 4 rings (SSSR count). The number of imide groups is 1. The summed E-state index contributed by atoms with van der Waals surface area (Å²) in [6.07, 6.45) is 0.301. The van der Waals surface area contributed by atoms with Crippen molar-refractivity contribution >= 4 is 33.6 Å². The van der Waals surface area contributed by atoms with E-state index in [9.17, 15) is 22.8 Å². The zero-order chi connectivity index (χ0) is 26.6. The van der Waals surface area contributed by atoms with Crippen LogP contribution in [0.1, 0.15) is 25.8 Å². The molecule has 2 saturated heterocycles. The van der Waals surface area contributed by atoms with Crippen LogP contribution >= 0.6 is 0 Å². The first-order valence-corrected chi connectivity index (χ1v) is 13.5. The number of hydrogen-bond acceptors (Lipinski definition) is 7. The molecule has 0 saturated carbocycles. The molecule has 2 N–H and O–H groups in total. The number of urea groups is 1. The van der Waals surface area contributed by atoms with Gasteiger partial charge in [0.15, 0.2) is 0 Å². The van der Waals surface area contributed by atoms with E-state index < -0.39 is 40.0 Å². The highest BCUT2D eigenvalue weighted by Crippen LogP contribution is 2.33. The van der Waals surface area contributed by atoms with Gasteiger partial charge < -0.3 is 20.1 Å². The van der Waals surface area contributed by atoms with Crippen molar-refractivity contribution in [2.75, 3.05) is 44.8 Å². The van der Waals surface area contributed by atoms with Gasteiger partial charge in [-0.3, -0.25) is 14.5 Å². The largest absolute Gasteiger partial charge is 0.492 e. The van der Waals surface area contributed by atoms with Gasteiger partial charge in [-0.2, -0.15) is 4.31 Å². The third-order valence-electron chi connectivity index (χ3n) is 6.41. The molecule has 2 aliphatic rings. The number of ether oxygens (including phenoxy) is 2. The van der Waals surface area contributed by atoms with Crippen LogP contribution in [0, 0.1) is 0 Å². The second-order valence-electron chi connectivity index (χ2n) is 8.60. The van der Waals surface area contributed by atoms with E-state index in [-0.39, 0.29) is 36.0 Å². The Hall–Kier alpha value is -3.48. The zero-order valence-corrected chi connectivity index (χ0v) is 21.5. The molecule has 0 unspecified atom stereocenters. The highest BCUT2D eigenvalue weighted by atomic mass is 32.2. The average Bonchev–Trinajstić information content (AvgIpc) is 3.15. The second-order valence-corrected chi connectivity index (χ2v) is 10.5. The molecule has 198 valence electrons. The van der Waals surface area contributed by atoms with Crippen LogP contribution in [0.15, 0.2) is 53.4 Å². The maximum absolute atomic E-state index is 13.3. The second kappa shape index (κ2) is 10.9. The van der Waals surface area contributed by atoms with E-state index >= 15 is 0 Å². The number of nitrogens with zero attached hydrogens (tertiary/aromatic N) is 2. The van der Waals surface area contributed by atoms with Crippen molar-refractivity contribution in [2.24, 2.45) is 0 Å². The van der Waals surface area contributed by atoms with Crippen LogP contribution in [0.5, 0.6) is 5.75 Å². The number of sulfonamides is 1. The summed E-state index contributed by atoms with van der Waals surface area (Å²) in [4.78, 5) is 39.9. The monoisotopic (exact) mass is 530 g/mol. The highest BCUT2D eigenvalue weighted by molar-refractivity contribution is 7.89. The van der Waals surface area contributed by atoms with Crippen molar-refractivity contribution in [3.05, 3.63) is 54.1 Å². The summed E-state index contributed by atoms with van der Waals surface area (Å²) in [7, 11) is -3.82. The van der Waals surface area contributed by atoms with Gasteiger partial charge >= 0.3 is 6.03 Å². The summed E-state index contributed by atoms with van der Waals surface area (Å²) in [6, 6.07) is 12.4. The molecule has 2 aromatic rings. The molecular weight excluding hydrogens is 500 g/mol. The third kappa shape index (κ3) is 5.17. The lowest BCUT2D eigenvalue weighted by atomic mass is 9.87. The average molecular weight is 531 g/mol. The Kier molecular flexibility index (Phi) is 7.81. The first kappa shape index (κ1) is 26.6. The number of rotatable bonds is 9. The number of carbonyl (C=O) groups excluding carboxylic acids is 3. The standard InChI is InChI=1S/C25H30N4O7S/c1-3-25(18-8-6-5-7-9-18)23(31)29(24(32)27-25)17-22(30)26-20-16-19(10-11-21(20)36-4-2)37(33,34)28-12-14-35-15-13-28/h5-11,16H,3-4,12-15,17H2,1-2H3,(H,26,30)(H,27,32)/t25-/m1/s1. The van der Waals surface area contributed by atoms with E-state index in [4.69, 9.17) is 9.47 Å². The molecule has 12 heteroatoms. The zero-order valence-electron chi connectivity index (χ0n) is 20.7. The van der Waals surface area contributed by atoms with Crippen molar-refractivity contribution in [1.82, 2.24) is 14.5 Å². The van der Waals surface area contributed by atoms with E-state index in [0.29, 0.717) is 25.2 Å². The van der Waals surface area contributed by atoms with Gasteiger partial charge in [-0.15, -0.1) is 0 Å². The smallest absolute Gasteiger partial charge is 0.325 e. The molecule has 0 aliphatic carbocycles. The van der Waals surface area contributed by atoms with Gasteiger partial charge in [0, 0.05) is 13.1 Å². The number of nitrogens with one attached hydrogen (secondary N) is 2. The maximum Gasteiger partial charge on any atom is 0.325 e. The summed E-state index contributed by atoms with van der Waals surface area (Å²) in [5, 5.41) is 5.36. The molecule has 0 bridgehead atoms. The minimum Gasteiger partial charge on any atom is -0.492 e. The fourth-order valence-electron chi connectivity index (χ4n) is 4.45. The van der Waals surface area contributed by atoms with E-state index in [1.807, 2.05) is 6.07 Å². The molecule has 1 atom stereocenters. The number of benzene rings is 2. The topological polar surface area (TPSA) is 134 Å². The Morgan fingerprint density at radius 2 is 1.81 bits per heavy atom. The first-order valence-electron chi connectivity index (χ1n) is 12.1. The minimum atomic E-state index is -3.82.